The first kappa shape index (κ1) is 18.3. The average molecular weight is 377 g/mol. The number of carbonyl (C=O) groups is 2. The van der Waals surface area contributed by atoms with Crippen molar-refractivity contribution < 1.29 is 9.59 Å². The number of nitrogens with zero attached hydrogens (tertiary/aromatic N) is 5. The molecule has 1 atom stereocenters. The second kappa shape index (κ2) is 7.88. The van der Waals surface area contributed by atoms with Crippen molar-refractivity contribution in [2.45, 2.75) is 19.8 Å². The normalized spacial score (nSPS) is 21.3. The van der Waals surface area contributed by atoms with Gasteiger partial charge in [0, 0.05) is 45.2 Å². The number of hydrogen-bond donors (Lipinski definition) is 0. The Kier molecular flexibility index (Phi) is 5.14. The Morgan fingerprint density at radius 3 is 2.71 bits per heavy atom. The number of allylic oxidation sites excluding steroid dienone is 3. The van der Waals surface area contributed by atoms with Crippen LogP contribution in [0.3, 0.4) is 0 Å². The third kappa shape index (κ3) is 3.93. The smallest absolute Gasteiger partial charge is 0.260 e. The largest absolute Gasteiger partial charge is 0.353 e. The lowest BCUT2D eigenvalue weighted by molar-refractivity contribution is -0.131. The lowest BCUT2D eigenvalue weighted by Gasteiger charge is -2.35. The number of pyridine rings is 1. The van der Waals surface area contributed by atoms with Gasteiger partial charge in [-0.1, -0.05) is 24.3 Å². The van der Waals surface area contributed by atoms with Crippen LogP contribution in [0.25, 0.3) is 0 Å². The lowest BCUT2D eigenvalue weighted by atomic mass is 9.96. The van der Waals surface area contributed by atoms with Gasteiger partial charge in [-0.2, -0.15) is 4.99 Å². The molecule has 0 aromatic carbocycles. The number of piperazine rings is 1. The molecule has 0 saturated carbocycles. The Bertz CT molecular complexity index is 890. The summed E-state index contributed by atoms with van der Waals surface area (Å²) in [7, 11) is 0. The molecule has 1 fully saturated rings. The maximum Gasteiger partial charge on any atom is 0.260 e. The van der Waals surface area contributed by atoms with Gasteiger partial charge in [-0.3, -0.25) is 9.59 Å². The van der Waals surface area contributed by atoms with Crippen molar-refractivity contribution in [2.24, 2.45) is 15.9 Å². The Hall–Kier alpha value is -3.09. The quantitative estimate of drug-likeness (QED) is 0.803. The molecule has 7 heteroatoms. The van der Waals surface area contributed by atoms with Crippen molar-refractivity contribution in [1.29, 1.82) is 0 Å². The van der Waals surface area contributed by atoms with Gasteiger partial charge in [-0.25, -0.2) is 9.98 Å². The van der Waals surface area contributed by atoms with Crippen molar-refractivity contribution in [3.8, 4) is 0 Å². The molecule has 0 bridgehead atoms. The van der Waals surface area contributed by atoms with E-state index < -0.39 is 0 Å². The first-order valence-electron chi connectivity index (χ1n) is 9.60. The molecule has 1 saturated heterocycles. The fraction of sp³-hybridized carbons (Fsp3) is 0.381. The van der Waals surface area contributed by atoms with E-state index in [0.717, 1.165) is 24.5 Å². The number of anilines is 1. The summed E-state index contributed by atoms with van der Waals surface area (Å²) < 4.78 is 0. The van der Waals surface area contributed by atoms with Crippen LogP contribution in [-0.2, 0) is 9.59 Å². The van der Waals surface area contributed by atoms with E-state index in [1.165, 1.54) is 0 Å². The second-order valence-electron chi connectivity index (χ2n) is 7.19. The number of rotatable bonds is 4. The average Bonchev–Trinajstić information content (AvgIpc) is 2.73. The molecule has 2 aliphatic heterocycles. The first-order valence-corrected chi connectivity index (χ1v) is 9.60. The van der Waals surface area contributed by atoms with Crippen LogP contribution in [0.1, 0.15) is 18.4 Å². The van der Waals surface area contributed by atoms with Crippen molar-refractivity contribution in [3.63, 3.8) is 0 Å². The van der Waals surface area contributed by atoms with Crippen LogP contribution in [0, 0.1) is 12.8 Å². The van der Waals surface area contributed by atoms with Gasteiger partial charge in [0.2, 0.25) is 5.91 Å². The Labute approximate surface area is 164 Å². The van der Waals surface area contributed by atoms with Crippen molar-refractivity contribution in [3.05, 3.63) is 48.2 Å². The first-order chi connectivity index (χ1) is 13.6. The molecule has 3 heterocycles. The van der Waals surface area contributed by atoms with Gasteiger partial charge in [0.25, 0.3) is 5.91 Å². The highest BCUT2D eigenvalue weighted by Crippen LogP contribution is 2.18. The molecule has 4 rings (SSSR count). The zero-order valence-corrected chi connectivity index (χ0v) is 15.9. The van der Waals surface area contributed by atoms with E-state index in [2.05, 4.69) is 25.9 Å². The van der Waals surface area contributed by atoms with Crippen LogP contribution >= 0.6 is 0 Å². The molecular weight excluding hydrogens is 354 g/mol. The van der Waals surface area contributed by atoms with Gasteiger partial charge in [0.1, 0.15) is 17.6 Å². The third-order valence-electron chi connectivity index (χ3n) is 5.18. The minimum Gasteiger partial charge on any atom is -0.353 e. The van der Waals surface area contributed by atoms with Crippen molar-refractivity contribution in [2.75, 3.05) is 31.1 Å². The predicted molar refractivity (Wildman–Crippen MR) is 109 cm³/mol. The number of aliphatic imine (C=N–C) groups is 2. The molecule has 7 nitrogen and oxygen atoms in total. The molecule has 1 aromatic rings. The molecule has 0 radical (unpaired) electrons. The standard InChI is InChI=1S/C21H23N5O2/c1-15-6-8-19(22-14-15)25-10-12-26(13-11-25)20(27)9-7-18-23-17-5-3-2-4-16(17)21(28)24-18/h2-6,8,14,16H,7,9-13H2,1H3. The summed E-state index contributed by atoms with van der Waals surface area (Å²) >= 11 is 0. The number of aromatic nitrogens is 1. The van der Waals surface area contributed by atoms with E-state index in [9.17, 15) is 9.59 Å². The van der Waals surface area contributed by atoms with E-state index in [4.69, 9.17) is 0 Å². The highest BCUT2D eigenvalue weighted by Gasteiger charge is 2.27. The van der Waals surface area contributed by atoms with Gasteiger partial charge < -0.3 is 9.80 Å². The monoisotopic (exact) mass is 377 g/mol. The minimum absolute atomic E-state index is 0.0769. The highest BCUT2D eigenvalue weighted by atomic mass is 16.2. The van der Waals surface area contributed by atoms with Crippen molar-refractivity contribution in [1.82, 2.24) is 9.88 Å². The topological polar surface area (TPSA) is 78.2 Å². The fourth-order valence-electron chi connectivity index (χ4n) is 3.54. The van der Waals surface area contributed by atoms with Gasteiger partial charge in [0.05, 0.1) is 5.71 Å². The van der Waals surface area contributed by atoms with E-state index >= 15 is 0 Å². The van der Waals surface area contributed by atoms with Crippen molar-refractivity contribution >= 4 is 29.2 Å². The molecule has 28 heavy (non-hydrogen) atoms. The number of amidine groups is 1. The van der Waals surface area contributed by atoms with Crippen LogP contribution in [0.15, 0.2) is 52.6 Å². The van der Waals surface area contributed by atoms with Gasteiger partial charge >= 0.3 is 0 Å². The zero-order chi connectivity index (χ0) is 19.5. The third-order valence-corrected chi connectivity index (χ3v) is 5.18. The van der Waals surface area contributed by atoms with Crippen LogP contribution < -0.4 is 4.90 Å². The van der Waals surface area contributed by atoms with Gasteiger partial charge in [-0.05, 0) is 24.6 Å². The van der Waals surface area contributed by atoms with Crippen LogP contribution in [0.4, 0.5) is 5.82 Å². The summed E-state index contributed by atoms with van der Waals surface area (Å²) in [6.45, 7) is 4.89. The summed E-state index contributed by atoms with van der Waals surface area (Å²) in [4.78, 5) is 41.7. The second-order valence-corrected chi connectivity index (χ2v) is 7.19. The Balaban J connectivity index is 1.29. The van der Waals surface area contributed by atoms with Crippen LogP contribution in [0.2, 0.25) is 0 Å². The summed E-state index contributed by atoms with van der Waals surface area (Å²) in [6.07, 6.45) is 9.89. The summed E-state index contributed by atoms with van der Waals surface area (Å²) in [6, 6.07) is 4.07. The van der Waals surface area contributed by atoms with Crippen LogP contribution in [0.5, 0.6) is 0 Å². The number of amides is 2. The molecule has 1 aromatic heterocycles. The van der Waals surface area contributed by atoms with E-state index in [-0.39, 0.29) is 17.7 Å². The predicted octanol–water partition coefficient (Wildman–Crippen LogP) is 1.94. The molecule has 1 unspecified atom stereocenters. The van der Waals surface area contributed by atoms with E-state index in [1.807, 2.05) is 42.3 Å². The molecule has 144 valence electrons. The number of fused-ring (bicyclic) bond motifs is 1. The lowest BCUT2D eigenvalue weighted by Crippen LogP contribution is -2.49. The van der Waals surface area contributed by atoms with Gasteiger partial charge in [0.15, 0.2) is 0 Å². The Morgan fingerprint density at radius 1 is 1.14 bits per heavy atom. The molecular formula is C21H23N5O2. The SMILES string of the molecule is Cc1ccc(N2CCN(C(=O)CCC3=NC(=O)C4C=CC=CC4=N3)CC2)nc1. The number of hydrogen-bond acceptors (Lipinski definition) is 5. The van der Waals surface area contributed by atoms with E-state index in [0.29, 0.717) is 37.5 Å². The number of carbonyl (C=O) groups excluding carboxylic acids is 2. The highest BCUT2D eigenvalue weighted by molar-refractivity contribution is 6.21. The fourth-order valence-corrected chi connectivity index (χ4v) is 3.54. The molecule has 2 amide bonds. The maximum absolute atomic E-state index is 12.6. The molecule has 0 N–H and O–H groups in total. The summed E-state index contributed by atoms with van der Waals surface area (Å²) in [5, 5.41) is 0. The molecule has 1 aliphatic carbocycles. The number of aryl methyl sites for hydroxylation is 1. The maximum atomic E-state index is 12.6. The van der Waals surface area contributed by atoms with Gasteiger partial charge in [-0.15, -0.1) is 0 Å². The minimum atomic E-state index is -0.368. The van der Waals surface area contributed by atoms with Crippen LogP contribution in [-0.4, -0.2) is 59.4 Å². The zero-order valence-electron chi connectivity index (χ0n) is 15.9. The molecule has 0 spiro atoms. The molecule has 3 aliphatic rings. The van der Waals surface area contributed by atoms with E-state index in [1.54, 1.807) is 6.08 Å². The Morgan fingerprint density at radius 2 is 1.96 bits per heavy atom. The summed E-state index contributed by atoms with van der Waals surface area (Å²) in [5.41, 5.74) is 1.85. The summed E-state index contributed by atoms with van der Waals surface area (Å²) in [5.74, 6) is 0.910.